The Morgan fingerprint density at radius 2 is 2.08 bits per heavy atom. The van der Waals surface area contributed by atoms with Crippen LogP contribution in [-0.2, 0) is 6.54 Å². The molecule has 132 valence electrons. The van der Waals surface area contributed by atoms with E-state index in [4.69, 9.17) is 4.52 Å². The van der Waals surface area contributed by atoms with Crippen molar-refractivity contribution in [2.75, 3.05) is 31.1 Å². The van der Waals surface area contributed by atoms with Gasteiger partial charge in [-0.15, -0.1) is 0 Å². The van der Waals surface area contributed by atoms with Gasteiger partial charge in [-0.2, -0.15) is 4.98 Å². The highest BCUT2D eigenvalue weighted by atomic mass is 16.6. The van der Waals surface area contributed by atoms with Gasteiger partial charge in [-0.05, 0) is 25.3 Å². The summed E-state index contributed by atoms with van der Waals surface area (Å²) in [5.41, 5.74) is 0.860. The topological polar surface area (TPSA) is 101 Å². The second-order valence-corrected chi connectivity index (χ2v) is 6.68. The predicted molar refractivity (Wildman–Crippen MR) is 89.4 cm³/mol. The molecule has 2 aromatic rings. The Kier molecular flexibility index (Phi) is 4.08. The lowest BCUT2D eigenvalue weighted by Crippen LogP contribution is -2.46. The molecule has 2 fully saturated rings. The molecular weight excluding hydrogens is 324 g/mol. The Morgan fingerprint density at radius 1 is 1.32 bits per heavy atom. The van der Waals surface area contributed by atoms with E-state index in [1.54, 1.807) is 6.07 Å². The number of hydrogen-bond donors (Lipinski definition) is 0. The first kappa shape index (κ1) is 15.9. The van der Waals surface area contributed by atoms with E-state index in [0.29, 0.717) is 12.5 Å². The van der Waals surface area contributed by atoms with Crippen LogP contribution in [0.4, 0.5) is 11.5 Å². The fraction of sp³-hybridized carbons (Fsp3) is 0.562. The molecule has 9 nitrogen and oxygen atoms in total. The first-order chi connectivity index (χ1) is 12.1. The average molecular weight is 344 g/mol. The zero-order chi connectivity index (χ0) is 17.4. The van der Waals surface area contributed by atoms with Gasteiger partial charge in [-0.1, -0.05) is 5.16 Å². The molecule has 0 aromatic carbocycles. The fourth-order valence-electron chi connectivity index (χ4n) is 3.13. The van der Waals surface area contributed by atoms with Crippen molar-refractivity contribution in [3.05, 3.63) is 39.7 Å². The van der Waals surface area contributed by atoms with E-state index >= 15 is 0 Å². The molecule has 2 aliphatic rings. The van der Waals surface area contributed by atoms with Crippen molar-refractivity contribution in [3.8, 4) is 0 Å². The highest BCUT2D eigenvalue weighted by Crippen LogP contribution is 2.38. The molecule has 3 heterocycles. The van der Waals surface area contributed by atoms with Gasteiger partial charge in [0.05, 0.1) is 11.5 Å². The molecule has 0 unspecified atom stereocenters. The van der Waals surface area contributed by atoms with Crippen LogP contribution < -0.4 is 4.90 Å². The molecule has 1 aliphatic carbocycles. The molecule has 0 spiro atoms. The SMILES string of the molecule is Cc1cc([N+](=O)[O-])cnc1N1CCN(Cc2noc(C3CC3)n2)CC1. The Hall–Kier alpha value is -2.55. The molecule has 9 heteroatoms. The van der Waals surface area contributed by atoms with Gasteiger partial charge in [0, 0.05) is 38.2 Å². The maximum absolute atomic E-state index is 10.8. The van der Waals surface area contributed by atoms with Gasteiger partial charge >= 0.3 is 0 Å². The van der Waals surface area contributed by atoms with Gasteiger partial charge in [0.15, 0.2) is 5.82 Å². The summed E-state index contributed by atoms with van der Waals surface area (Å²) >= 11 is 0. The molecule has 4 rings (SSSR count). The molecule has 0 bridgehead atoms. The number of aromatic nitrogens is 3. The van der Waals surface area contributed by atoms with Crippen LogP contribution >= 0.6 is 0 Å². The van der Waals surface area contributed by atoms with Gasteiger partial charge in [0.2, 0.25) is 5.89 Å². The molecule has 0 amide bonds. The van der Waals surface area contributed by atoms with Crippen LogP contribution in [0.25, 0.3) is 0 Å². The van der Waals surface area contributed by atoms with Crippen LogP contribution in [0.2, 0.25) is 0 Å². The molecule has 1 saturated heterocycles. The molecule has 2 aromatic heterocycles. The van der Waals surface area contributed by atoms with E-state index in [-0.39, 0.29) is 5.69 Å². The van der Waals surface area contributed by atoms with Gasteiger partial charge in [-0.3, -0.25) is 15.0 Å². The average Bonchev–Trinajstić information content (AvgIpc) is 3.35. The summed E-state index contributed by atoms with van der Waals surface area (Å²) in [6, 6.07) is 1.58. The van der Waals surface area contributed by atoms with Crippen molar-refractivity contribution < 1.29 is 9.45 Å². The molecule has 25 heavy (non-hydrogen) atoms. The fourth-order valence-corrected chi connectivity index (χ4v) is 3.13. The lowest BCUT2D eigenvalue weighted by Gasteiger charge is -2.35. The molecule has 1 saturated carbocycles. The minimum Gasteiger partial charge on any atom is -0.354 e. The summed E-state index contributed by atoms with van der Waals surface area (Å²) < 4.78 is 5.30. The van der Waals surface area contributed by atoms with E-state index in [9.17, 15) is 10.1 Å². The largest absolute Gasteiger partial charge is 0.354 e. The summed E-state index contributed by atoms with van der Waals surface area (Å²) in [4.78, 5) is 23.6. The molecular formula is C16H20N6O3. The maximum atomic E-state index is 10.8. The number of aryl methyl sites for hydroxylation is 1. The van der Waals surface area contributed by atoms with Crippen LogP contribution in [0.3, 0.4) is 0 Å². The standard InChI is InChI=1S/C16H20N6O3/c1-11-8-13(22(23)24)9-17-15(11)21-6-4-20(5-7-21)10-14-18-16(25-19-14)12-2-3-12/h8-9,12H,2-7,10H2,1H3. The number of anilines is 1. The monoisotopic (exact) mass is 344 g/mol. The Labute approximate surface area is 144 Å². The highest BCUT2D eigenvalue weighted by molar-refractivity contribution is 5.50. The van der Waals surface area contributed by atoms with Crippen LogP contribution in [-0.4, -0.2) is 51.1 Å². The Bertz CT molecular complexity index is 780. The summed E-state index contributed by atoms with van der Waals surface area (Å²) in [6.45, 7) is 5.92. The van der Waals surface area contributed by atoms with E-state index in [1.165, 1.54) is 6.20 Å². The van der Waals surface area contributed by atoms with Crippen molar-refractivity contribution >= 4 is 11.5 Å². The van der Waals surface area contributed by atoms with Crippen molar-refractivity contribution in [1.29, 1.82) is 0 Å². The van der Waals surface area contributed by atoms with Crippen LogP contribution in [0.5, 0.6) is 0 Å². The number of rotatable bonds is 5. The second-order valence-electron chi connectivity index (χ2n) is 6.68. The summed E-state index contributed by atoms with van der Waals surface area (Å²) in [7, 11) is 0. The van der Waals surface area contributed by atoms with Crippen molar-refractivity contribution in [3.63, 3.8) is 0 Å². The van der Waals surface area contributed by atoms with Crippen molar-refractivity contribution in [2.24, 2.45) is 0 Å². The second kappa shape index (κ2) is 6.40. The molecule has 0 atom stereocenters. The Balaban J connectivity index is 1.35. The van der Waals surface area contributed by atoms with Crippen molar-refractivity contribution in [1.82, 2.24) is 20.0 Å². The summed E-state index contributed by atoms with van der Waals surface area (Å²) in [6.07, 6.45) is 3.64. The molecule has 0 N–H and O–H groups in total. The highest BCUT2D eigenvalue weighted by Gasteiger charge is 2.30. The first-order valence-electron chi connectivity index (χ1n) is 8.51. The van der Waals surface area contributed by atoms with Gasteiger partial charge in [-0.25, -0.2) is 4.98 Å². The number of pyridine rings is 1. The third kappa shape index (κ3) is 3.46. The number of piperazine rings is 1. The zero-order valence-electron chi connectivity index (χ0n) is 14.1. The third-order valence-electron chi connectivity index (χ3n) is 4.69. The number of nitro groups is 1. The number of nitrogens with zero attached hydrogens (tertiary/aromatic N) is 6. The van der Waals surface area contributed by atoms with Gasteiger partial charge in [0.1, 0.15) is 12.0 Å². The Morgan fingerprint density at radius 3 is 2.72 bits per heavy atom. The molecule has 1 aliphatic heterocycles. The minimum absolute atomic E-state index is 0.0310. The van der Waals surface area contributed by atoms with E-state index in [2.05, 4.69) is 24.9 Å². The predicted octanol–water partition coefficient (Wildman–Crippen LogP) is 1.88. The van der Waals surface area contributed by atoms with E-state index < -0.39 is 4.92 Å². The lowest BCUT2D eigenvalue weighted by molar-refractivity contribution is -0.385. The van der Waals surface area contributed by atoms with Crippen molar-refractivity contribution in [2.45, 2.75) is 32.2 Å². The number of hydrogen-bond acceptors (Lipinski definition) is 8. The molecule has 0 radical (unpaired) electrons. The van der Waals surface area contributed by atoms with Crippen LogP contribution in [0, 0.1) is 17.0 Å². The first-order valence-corrected chi connectivity index (χ1v) is 8.51. The van der Waals surface area contributed by atoms with Gasteiger partial charge in [0.25, 0.3) is 5.69 Å². The maximum Gasteiger partial charge on any atom is 0.287 e. The third-order valence-corrected chi connectivity index (χ3v) is 4.69. The normalized spacial score (nSPS) is 18.5. The van der Waals surface area contributed by atoms with Crippen LogP contribution in [0.15, 0.2) is 16.8 Å². The van der Waals surface area contributed by atoms with E-state index in [0.717, 1.165) is 62.1 Å². The van der Waals surface area contributed by atoms with Gasteiger partial charge < -0.3 is 9.42 Å². The van der Waals surface area contributed by atoms with E-state index in [1.807, 2.05) is 6.92 Å². The quantitative estimate of drug-likeness (QED) is 0.598. The zero-order valence-corrected chi connectivity index (χ0v) is 14.1. The van der Waals surface area contributed by atoms with Crippen LogP contribution in [0.1, 0.15) is 36.0 Å². The minimum atomic E-state index is -0.414. The summed E-state index contributed by atoms with van der Waals surface area (Å²) in [5.74, 6) is 2.83. The lowest BCUT2D eigenvalue weighted by atomic mass is 10.2. The smallest absolute Gasteiger partial charge is 0.287 e. The summed E-state index contributed by atoms with van der Waals surface area (Å²) in [5, 5.41) is 14.9.